The van der Waals surface area contributed by atoms with Gasteiger partial charge >= 0.3 is 5.97 Å². The summed E-state index contributed by atoms with van der Waals surface area (Å²) in [6.07, 6.45) is 0. The van der Waals surface area contributed by atoms with Crippen molar-refractivity contribution in [2.75, 3.05) is 0 Å². The molecule has 1 aliphatic rings. The Morgan fingerprint density at radius 2 is 1.54 bits per heavy atom. The van der Waals surface area contributed by atoms with Gasteiger partial charge in [0.25, 0.3) is 11.8 Å². The fraction of sp³-hybridized carbons (Fsp3) is 0. The van der Waals surface area contributed by atoms with Crippen molar-refractivity contribution in [1.29, 1.82) is 0 Å². The molecule has 0 atom stereocenters. The minimum atomic E-state index is -1.02. The lowest BCUT2D eigenvalue weighted by atomic mass is 10.1. The molecule has 0 N–H and O–H groups in total. The molecular weight excluding hydrogens is 360 g/mol. The Morgan fingerprint density at radius 3 is 2.15 bits per heavy atom. The number of halogens is 1. The van der Waals surface area contributed by atoms with Crippen LogP contribution in [0.4, 0.5) is 0 Å². The van der Waals surface area contributed by atoms with Crippen molar-refractivity contribution in [1.82, 2.24) is 10.2 Å². The predicted molar refractivity (Wildman–Crippen MR) is 89.3 cm³/mol. The van der Waals surface area contributed by atoms with Gasteiger partial charge in [-0.1, -0.05) is 52.7 Å². The standard InChI is InChI=1S/C18H9ClN2O5/c19-15-13(14(20-25-15)10-6-2-1-3-7-10)18(24)26-21-16(22)11-8-4-5-9-12(11)17(21)23/h1-9H. The molecule has 2 aromatic carbocycles. The highest BCUT2D eigenvalue weighted by Crippen LogP contribution is 2.30. The van der Waals surface area contributed by atoms with Crippen LogP contribution in [-0.4, -0.2) is 28.0 Å². The number of hydroxylamine groups is 2. The van der Waals surface area contributed by atoms with Crippen LogP contribution in [0, 0.1) is 0 Å². The van der Waals surface area contributed by atoms with Crippen molar-refractivity contribution < 1.29 is 23.7 Å². The van der Waals surface area contributed by atoms with Crippen molar-refractivity contribution in [3.05, 3.63) is 76.5 Å². The molecule has 26 heavy (non-hydrogen) atoms. The summed E-state index contributed by atoms with van der Waals surface area (Å²) >= 11 is 5.92. The fourth-order valence-electron chi connectivity index (χ4n) is 2.62. The first-order valence-corrected chi connectivity index (χ1v) is 7.86. The molecule has 2 heterocycles. The Kier molecular flexibility index (Phi) is 3.78. The molecule has 4 rings (SSSR count). The van der Waals surface area contributed by atoms with Crippen LogP contribution in [0.25, 0.3) is 11.3 Å². The highest BCUT2D eigenvalue weighted by Gasteiger charge is 2.40. The predicted octanol–water partition coefficient (Wildman–Crippen LogP) is 3.36. The van der Waals surface area contributed by atoms with Gasteiger partial charge < -0.3 is 9.36 Å². The molecule has 1 aliphatic heterocycles. The quantitative estimate of drug-likeness (QED) is 0.658. The monoisotopic (exact) mass is 368 g/mol. The van der Waals surface area contributed by atoms with Crippen molar-refractivity contribution in [2.45, 2.75) is 0 Å². The van der Waals surface area contributed by atoms with Gasteiger partial charge in [0.2, 0.25) is 5.22 Å². The maximum absolute atomic E-state index is 12.6. The molecule has 0 unspecified atom stereocenters. The second kappa shape index (κ2) is 6.12. The van der Waals surface area contributed by atoms with E-state index in [1.165, 1.54) is 12.1 Å². The third-order valence-corrected chi connectivity index (χ3v) is 4.09. The van der Waals surface area contributed by atoms with Crippen LogP contribution in [0.5, 0.6) is 0 Å². The normalized spacial score (nSPS) is 13.0. The number of nitrogens with zero attached hydrogens (tertiary/aromatic N) is 2. The van der Waals surface area contributed by atoms with Crippen LogP contribution in [0.1, 0.15) is 31.1 Å². The lowest BCUT2D eigenvalue weighted by Gasteiger charge is -2.12. The van der Waals surface area contributed by atoms with Crippen LogP contribution in [-0.2, 0) is 4.84 Å². The zero-order valence-electron chi connectivity index (χ0n) is 13.0. The number of benzene rings is 2. The van der Waals surface area contributed by atoms with Gasteiger partial charge in [-0.05, 0) is 23.7 Å². The van der Waals surface area contributed by atoms with Gasteiger partial charge in [-0.15, -0.1) is 0 Å². The zero-order valence-corrected chi connectivity index (χ0v) is 13.8. The Bertz CT molecular complexity index is 1010. The Morgan fingerprint density at radius 1 is 0.962 bits per heavy atom. The molecule has 1 aromatic heterocycles. The number of aromatic nitrogens is 1. The first kappa shape index (κ1) is 16.0. The second-order valence-corrected chi connectivity index (χ2v) is 5.72. The van der Waals surface area contributed by atoms with E-state index in [1.54, 1.807) is 42.5 Å². The van der Waals surface area contributed by atoms with E-state index >= 15 is 0 Å². The lowest BCUT2D eigenvalue weighted by Crippen LogP contribution is -2.32. The highest BCUT2D eigenvalue weighted by molar-refractivity contribution is 6.32. The fourth-order valence-corrected chi connectivity index (χ4v) is 2.82. The van der Waals surface area contributed by atoms with Crippen molar-refractivity contribution in [3.63, 3.8) is 0 Å². The van der Waals surface area contributed by atoms with E-state index in [9.17, 15) is 14.4 Å². The van der Waals surface area contributed by atoms with E-state index < -0.39 is 17.8 Å². The van der Waals surface area contributed by atoms with Crippen LogP contribution in [0.3, 0.4) is 0 Å². The lowest BCUT2D eigenvalue weighted by molar-refractivity contribution is -0.0584. The molecule has 128 valence electrons. The van der Waals surface area contributed by atoms with E-state index in [1.807, 2.05) is 0 Å². The number of amides is 2. The first-order valence-electron chi connectivity index (χ1n) is 7.48. The third kappa shape index (κ3) is 2.46. The summed E-state index contributed by atoms with van der Waals surface area (Å²) in [5.41, 5.74) is 0.860. The summed E-state index contributed by atoms with van der Waals surface area (Å²) < 4.78 is 4.88. The number of fused-ring (bicyclic) bond motifs is 1. The van der Waals surface area contributed by atoms with E-state index in [0.29, 0.717) is 10.6 Å². The number of hydrogen-bond acceptors (Lipinski definition) is 6. The van der Waals surface area contributed by atoms with Crippen molar-refractivity contribution in [3.8, 4) is 11.3 Å². The average molecular weight is 369 g/mol. The summed E-state index contributed by atoms with van der Waals surface area (Å²) in [4.78, 5) is 42.2. The first-order chi connectivity index (χ1) is 12.6. The molecule has 0 saturated carbocycles. The van der Waals surface area contributed by atoms with E-state index in [-0.39, 0.29) is 27.6 Å². The average Bonchev–Trinajstić information content (AvgIpc) is 3.16. The largest absolute Gasteiger partial charge is 0.371 e. The summed E-state index contributed by atoms with van der Waals surface area (Å²) in [5, 5.41) is 3.87. The minimum Gasteiger partial charge on any atom is -0.343 e. The molecule has 0 spiro atoms. The van der Waals surface area contributed by atoms with Gasteiger partial charge in [-0.2, -0.15) is 0 Å². The van der Waals surface area contributed by atoms with Gasteiger partial charge in [0, 0.05) is 5.56 Å². The Hall–Kier alpha value is -3.45. The third-order valence-electron chi connectivity index (χ3n) is 3.83. The Balaban J connectivity index is 1.66. The number of hydrogen-bond donors (Lipinski definition) is 0. The zero-order chi connectivity index (χ0) is 18.3. The topological polar surface area (TPSA) is 89.7 Å². The minimum absolute atomic E-state index is 0.150. The molecular formula is C18H9ClN2O5. The van der Waals surface area contributed by atoms with E-state index in [0.717, 1.165) is 0 Å². The highest BCUT2D eigenvalue weighted by atomic mass is 35.5. The summed E-state index contributed by atoms with van der Waals surface area (Å²) in [7, 11) is 0. The molecule has 0 aliphatic carbocycles. The van der Waals surface area contributed by atoms with E-state index in [2.05, 4.69) is 5.16 Å². The smallest absolute Gasteiger partial charge is 0.343 e. The summed E-state index contributed by atoms with van der Waals surface area (Å²) in [6.45, 7) is 0. The molecule has 0 bridgehead atoms. The van der Waals surface area contributed by atoms with E-state index in [4.69, 9.17) is 21.0 Å². The number of carbonyl (C=O) groups excluding carboxylic acids is 3. The molecule has 0 saturated heterocycles. The second-order valence-electron chi connectivity index (χ2n) is 5.37. The van der Waals surface area contributed by atoms with Crippen molar-refractivity contribution in [2.24, 2.45) is 0 Å². The van der Waals surface area contributed by atoms with Gasteiger partial charge in [0.05, 0.1) is 11.1 Å². The molecule has 2 amide bonds. The summed E-state index contributed by atoms with van der Waals surface area (Å²) in [6, 6.07) is 14.9. The maximum Gasteiger partial charge on any atom is 0.371 e. The van der Waals surface area contributed by atoms with Crippen LogP contribution >= 0.6 is 11.6 Å². The van der Waals surface area contributed by atoms with Gasteiger partial charge in [0.1, 0.15) is 11.3 Å². The molecule has 3 aromatic rings. The van der Waals surface area contributed by atoms with Crippen LogP contribution in [0.15, 0.2) is 59.1 Å². The number of carbonyl (C=O) groups is 3. The van der Waals surface area contributed by atoms with Gasteiger partial charge in [-0.25, -0.2) is 4.79 Å². The van der Waals surface area contributed by atoms with Crippen LogP contribution in [0.2, 0.25) is 5.22 Å². The SMILES string of the molecule is O=C(ON1C(=O)c2ccccc2C1=O)c1c(-c2ccccc2)noc1Cl. The molecule has 0 fully saturated rings. The van der Waals surface area contributed by atoms with Crippen LogP contribution < -0.4 is 0 Å². The van der Waals surface area contributed by atoms with Gasteiger partial charge in [-0.3, -0.25) is 9.59 Å². The molecule has 7 nitrogen and oxygen atoms in total. The Labute approximate surface area is 151 Å². The molecule has 0 radical (unpaired) electrons. The number of imide groups is 1. The maximum atomic E-state index is 12.6. The number of rotatable bonds is 3. The van der Waals surface area contributed by atoms with Gasteiger partial charge in [0.15, 0.2) is 0 Å². The molecule has 8 heteroatoms. The summed E-state index contributed by atoms with van der Waals surface area (Å²) in [5.74, 6) is -2.48. The van der Waals surface area contributed by atoms with Crippen molar-refractivity contribution >= 4 is 29.4 Å².